The van der Waals surface area contributed by atoms with Gasteiger partial charge in [0, 0.05) is 56.5 Å². The van der Waals surface area contributed by atoms with E-state index in [0.29, 0.717) is 30.0 Å². The second kappa shape index (κ2) is 8.42. The van der Waals surface area contributed by atoms with Crippen molar-refractivity contribution in [3.8, 4) is 0 Å². The number of benzene rings is 1. The predicted octanol–water partition coefficient (Wildman–Crippen LogP) is 2.35. The van der Waals surface area contributed by atoms with Crippen LogP contribution in [0.2, 0.25) is 0 Å². The summed E-state index contributed by atoms with van der Waals surface area (Å²) in [6.45, 7) is 7.80. The Bertz CT molecular complexity index is 849. The Labute approximate surface area is 172 Å². The van der Waals surface area contributed by atoms with Gasteiger partial charge in [-0.2, -0.15) is 5.10 Å². The summed E-state index contributed by atoms with van der Waals surface area (Å²) in [4.78, 5) is 15.3. The lowest BCUT2D eigenvalue weighted by molar-refractivity contribution is -0.0443. The fourth-order valence-electron chi connectivity index (χ4n) is 4.38. The van der Waals surface area contributed by atoms with E-state index in [9.17, 15) is 9.90 Å². The van der Waals surface area contributed by atoms with Crippen molar-refractivity contribution in [3.63, 3.8) is 0 Å². The molecule has 1 aromatic heterocycles. The number of amides is 1. The highest BCUT2D eigenvalue weighted by Gasteiger charge is 2.35. The summed E-state index contributed by atoms with van der Waals surface area (Å²) < 4.78 is 7.33. The van der Waals surface area contributed by atoms with Gasteiger partial charge in [-0.05, 0) is 45.6 Å². The molecule has 29 heavy (non-hydrogen) atoms. The maximum Gasteiger partial charge on any atom is 0.253 e. The summed E-state index contributed by atoms with van der Waals surface area (Å²) >= 11 is 0. The van der Waals surface area contributed by atoms with E-state index >= 15 is 0 Å². The summed E-state index contributed by atoms with van der Waals surface area (Å²) in [6, 6.07) is 6.45. The average Bonchev–Trinajstić information content (AvgIpc) is 3.18. The minimum Gasteiger partial charge on any atom is -0.388 e. The molecular weight excluding hydrogens is 368 g/mol. The fraction of sp³-hybridized carbons (Fsp3) is 0.636. The van der Waals surface area contributed by atoms with E-state index in [2.05, 4.69) is 29.2 Å². The Balaban J connectivity index is 1.36. The molecule has 0 unspecified atom stereocenters. The molecule has 0 saturated carbocycles. The van der Waals surface area contributed by atoms with Gasteiger partial charge in [0.25, 0.3) is 5.91 Å². The number of nitrogens with zero attached hydrogens (tertiary/aromatic N) is 3. The molecule has 1 amide bonds. The van der Waals surface area contributed by atoms with Crippen LogP contribution < -0.4 is 5.32 Å². The molecule has 0 radical (unpaired) electrons. The first kappa shape index (κ1) is 20.3. The number of fused-ring (bicyclic) bond motifs is 1. The van der Waals surface area contributed by atoms with Crippen LogP contribution in [0, 0.1) is 0 Å². The van der Waals surface area contributed by atoms with Crippen LogP contribution in [-0.2, 0) is 4.74 Å². The lowest BCUT2D eigenvalue weighted by atomic mass is 9.89. The molecule has 2 aliphatic rings. The molecule has 7 heteroatoms. The van der Waals surface area contributed by atoms with Crippen LogP contribution in [0.25, 0.3) is 10.9 Å². The molecule has 2 N–H and O–H groups in total. The van der Waals surface area contributed by atoms with Gasteiger partial charge in [0.1, 0.15) is 5.52 Å². The van der Waals surface area contributed by atoms with Crippen molar-refractivity contribution in [1.82, 2.24) is 20.0 Å². The molecule has 3 heterocycles. The van der Waals surface area contributed by atoms with Crippen LogP contribution >= 0.6 is 0 Å². The molecule has 158 valence electrons. The van der Waals surface area contributed by atoms with Crippen molar-refractivity contribution in [3.05, 3.63) is 30.0 Å². The summed E-state index contributed by atoms with van der Waals surface area (Å²) in [6.07, 6.45) is 5.47. The normalized spacial score (nSPS) is 21.0. The highest BCUT2D eigenvalue weighted by molar-refractivity contribution is 6.05. The number of hydrogen-bond acceptors (Lipinski definition) is 5. The zero-order valence-corrected chi connectivity index (χ0v) is 17.4. The van der Waals surface area contributed by atoms with E-state index < -0.39 is 5.60 Å². The van der Waals surface area contributed by atoms with Crippen LogP contribution in [0.3, 0.4) is 0 Å². The quantitative estimate of drug-likeness (QED) is 0.805. The lowest BCUT2D eigenvalue weighted by Gasteiger charge is -2.42. The van der Waals surface area contributed by atoms with Crippen molar-refractivity contribution >= 4 is 16.8 Å². The zero-order valence-electron chi connectivity index (χ0n) is 17.4. The smallest absolute Gasteiger partial charge is 0.253 e. The zero-order chi connectivity index (χ0) is 20.4. The number of piperidine rings is 1. The van der Waals surface area contributed by atoms with Crippen LogP contribution in [0.15, 0.2) is 24.4 Å². The summed E-state index contributed by atoms with van der Waals surface area (Å²) in [5.74, 6) is -0.176. The number of ether oxygens (including phenoxy) is 1. The second-order valence-electron chi connectivity index (χ2n) is 8.73. The second-order valence-corrected chi connectivity index (χ2v) is 8.73. The van der Waals surface area contributed by atoms with Gasteiger partial charge in [0.15, 0.2) is 0 Å². The first-order valence-corrected chi connectivity index (χ1v) is 10.8. The topological polar surface area (TPSA) is 79.6 Å². The van der Waals surface area contributed by atoms with E-state index in [-0.39, 0.29) is 18.5 Å². The first-order chi connectivity index (χ1) is 14.0. The number of hydrogen-bond donors (Lipinski definition) is 2. The number of rotatable bonds is 5. The first-order valence-electron chi connectivity index (χ1n) is 10.8. The van der Waals surface area contributed by atoms with Crippen molar-refractivity contribution in [2.45, 2.75) is 57.2 Å². The Hall–Kier alpha value is -1.96. The number of aliphatic hydroxyl groups is 1. The van der Waals surface area contributed by atoms with Crippen molar-refractivity contribution in [2.75, 3.05) is 32.8 Å². The molecule has 2 aliphatic heterocycles. The van der Waals surface area contributed by atoms with Crippen LogP contribution in [0.5, 0.6) is 0 Å². The molecule has 0 spiro atoms. The molecule has 0 aliphatic carbocycles. The highest BCUT2D eigenvalue weighted by atomic mass is 16.5. The van der Waals surface area contributed by atoms with E-state index in [1.165, 1.54) is 0 Å². The largest absolute Gasteiger partial charge is 0.388 e. The van der Waals surface area contributed by atoms with Crippen LogP contribution in [0.4, 0.5) is 0 Å². The van der Waals surface area contributed by atoms with E-state index in [1.807, 2.05) is 23.0 Å². The van der Waals surface area contributed by atoms with Crippen molar-refractivity contribution in [2.24, 2.45) is 0 Å². The SMILES string of the molecule is CC(C)n1cc2cccc(C(=O)NCC3(O)CCN(C4CCOCC4)CC3)c2n1. The van der Waals surface area contributed by atoms with E-state index in [1.54, 1.807) is 6.07 Å². The van der Waals surface area contributed by atoms with Crippen molar-refractivity contribution in [1.29, 1.82) is 0 Å². The van der Waals surface area contributed by atoms with Crippen molar-refractivity contribution < 1.29 is 14.6 Å². The van der Waals surface area contributed by atoms with Gasteiger partial charge in [0.05, 0.1) is 11.2 Å². The van der Waals surface area contributed by atoms with Gasteiger partial charge < -0.3 is 15.2 Å². The third-order valence-corrected chi connectivity index (χ3v) is 6.34. The number of carbonyl (C=O) groups is 1. The molecule has 4 rings (SSSR count). The number of nitrogens with one attached hydrogen (secondary N) is 1. The molecule has 0 atom stereocenters. The maximum atomic E-state index is 12.8. The molecule has 2 fully saturated rings. The van der Waals surface area contributed by atoms with E-state index in [0.717, 1.165) is 44.5 Å². The van der Waals surface area contributed by atoms with E-state index in [4.69, 9.17) is 4.74 Å². The maximum absolute atomic E-state index is 12.8. The number of carbonyl (C=O) groups excluding carboxylic acids is 1. The molecular formula is C22H32N4O3. The Morgan fingerprint density at radius 1 is 1.31 bits per heavy atom. The molecule has 0 bridgehead atoms. The fourth-order valence-corrected chi connectivity index (χ4v) is 4.38. The lowest BCUT2D eigenvalue weighted by Crippen LogP contribution is -2.53. The molecule has 2 aromatic rings. The number of aromatic nitrogens is 2. The summed E-state index contributed by atoms with van der Waals surface area (Å²) in [5, 5.41) is 19.5. The third kappa shape index (κ3) is 4.47. The van der Waals surface area contributed by atoms with Gasteiger partial charge >= 0.3 is 0 Å². The Morgan fingerprint density at radius 2 is 2.03 bits per heavy atom. The molecule has 1 aromatic carbocycles. The minimum atomic E-state index is -0.845. The average molecular weight is 401 g/mol. The van der Waals surface area contributed by atoms with Gasteiger partial charge in [-0.1, -0.05) is 12.1 Å². The monoisotopic (exact) mass is 400 g/mol. The van der Waals surface area contributed by atoms with Crippen LogP contribution in [0.1, 0.15) is 55.9 Å². The standard InChI is InChI=1S/C22H32N4O3/c1-16(2)26-14-17-4-3-5-19(20(17)24-26)21(27)23-15-22(28)8-10-25(11-9-22)18-6-12-29-13-7-18/h3-5,14,16,18,28H,6-13,15H2,1-2H3,(H,23,27). The highest BCUT2D eigenvalue weighted by Crippen LogP contribution is 2.26. The van der Waals surface area contributed by atoms with Gasteiger partial charge in [-0.15, -0.1) is 0 Å². The van der Waals surface area contributed by atoms with Gasteiger partial charge in [-0.25, -0.2) is 0 Å². The van der Waals surface area contributed by atoms with Gasteiger partial charge in [-0.3, -0.25) is 14.4 Å². The third-order valence-electron chi connectivity index (χ3n) is 6.34. The Morgan fingerprint density at radius 3 is 2.72 bits per heavy atom. The minimum absolute atomic E-state index is 0.176. The molecule has 7 nitrogen and oxygen atoms in total. The summed E-state index contributed by atoms with van der Waals surface area (Å²) in [7, 11) is 0. The summed E-state index contributed by atoms with van der Waals surface area (Å²) in [5.41, 5.74) is 0.424. The van der Waals surface area contributed by atoms with Crippen LogP contribution in [-0.4, -0.2) is 70.2 Å². The van der Waals surface area contributed by atoms with Gasteiger partial charge in [0.2, 0.25) is 0 Å². The Kier molecular flexibility index (Phi) is 5.90. The number of likely N-dealkylation sites (tertiary alicyclic amines) is 1. The predicted molar refractivity (Wildman–Crippen MR) is 112 cm³/mol. The molecule has 2 saturated heterocycles.